The van der Waals surface area contributed by atoms with Crippen molar-refractivity contribution in [1.82, 2.24) is 10.3 Å². The number of rotatable bonds is 1. The highest BCUT2D eigenvalue weighted by atomic mass is 79.9. The molecule has 2 heterocycles. The van der Waals surface area contributed by atoms with Crippen LogP contribution in [0.15, 0.2) is 15.0 Å². The van der Waals surface area contributed by atoms with E-state index in [2.05, 4.69) is 38.1 Å². The van der Waals surface area contributed by atoms with Gasteiger partial charge in [0.15, 0.2) is 11.4 Å². The third kappa shape index (κ3) is 2.22. The van der Waals surface area contributed by atoms with Crippen molar-refractivity contribution in [3.05, 3.63) is 21.4 Å². The summed E-state index contributed by atoms with van der Waals surface area (Å²) in [7, 11) is 0. The molecule has 1 aromatic heterocycles. The highest BCUT2D eigenvalue weighted by molar-refractivity contribution is 9.10. The molecule has 1 unspecified atom stereocenters. The normalized spacial score (nSPS) is 20.2. The van der Waals surface area contributed by atoms with Gasteiger partial charge in [-0.2, -0.15) is 4.98 Å². The van der Waals surface area contributed by atoms with Gasteiger partial charge in [0, 0.05) is 25.7 Å². The van der Waals surface area contributed by atoms with E-state index < -0.39 is 5.82 Å². The molecule has 0 radical (unpaired) electrons. The van der Waals surface area contributed by atoms with E-state index in [1.807, 2.05) is 0 Å². The topological polar surface area (TPSA) is 41.3 Å². The van der Waals surface area contributed by atoms with E-state index in [1.54, 1.807) is 0 Å². The zero-order valence-corrected chi connectivity index (χ0v) is 12.6. The van der Waals surface area contributed by atoms with Crippen LogP contribution in [0.4, 0.5) is 10.4 Å². The zero-order chi connectivity index (χ0) is 13.6. The number of benzene rings is 1. The first-order valence-electron chi connectivity index (χ1n) is 5.99. The van der Waals surface area contributed by atoms with Gasteiger partial charge < -0.3 is 14.6 Å². The summed E-state index contributed by atoms with van der Waals surface area (Å²) in [5, 5.41) is 3.33. The van der Waals surface area contributed by atoms with Crippen LogP contribution in [0.2, 0.25) is 5.02 Å². The first-order valence-corrected chi connectivity index (χ1v) is 7.16. The maximum atomic E-state index is 13.7. The summed E-state index contributed by atoms with van der Waals surface area (Å²) in [5.41, 5.74) is 0.946. The average molecular weight is 349 g/mol. The van der Waals surface area contributed by atoms with Gasteiger partial charge in [-0.05, 0) is 28.9 Å². The number of hydrogen-bond acceptors (Lipinski definition) is 4. The van der Waals surface area contributed by atoms with E-state index >= 15 is 0 Å². The van der Waals surface area contributed by atoms with Crippen molar-refractivity contribution in [2.75, 3.05) is 24.5 Å². The summed E-state index contributed by atoms with van der Waals surface area (Å²) in [6.45, 7) is 4.64. The fourth-order valence-electron chi connectivity index (χ4n) is 2.21. The summed E-state index contributed by atoms with van der Waals surface area (Å²) < 4.78 is 19.6. The maximum Gasteiger partial charge on any atom is 0.298 e. The van der Waals surface area contributed by atoms with Crippen LogP contribution in [0.3, 0.4) is 0 Å². The second kappa shape index (κ2) is 4.92. The number of nitrogens with one attached hydrogen (secondary N) is 1. The van der Waals surface area contributed by atoms with Gasteiger partial charge in [-0.3, -0.25) is 0 Å². The van der Waals surface area contributed by atoms with Gasteiger partial charge in [0.05, 0.1) is 9.50 Å². The molecule has 2 aromatic rings. The second-order valence-corrected chi connectivity index (χ2v) is 5.78. The minimum Gasteiger partial charge on any atom is -0.422 e. The zero-order valence-electron chi connectivity index (χ0n) is 10.2. The third-order valence-electron chi connectivity index (χ3n) is 3.25. The summed E-state index contributed by atoms with van der Waals surface area (Å²) >= 11 is 8.97. The molecule has 1 aromatic carbocycles. The molecule has 0 amide bonds. The highest BCUT2D eigenvalue weighted by Crippen LogP contribution is 2.34. The Morgan fingerprint density at radius 3 is 3.16 bits per heavy atom. The van der Waals surface area contributed by atoms with Crippen LogP contribution in [0.25, 0.3) is 11.1 Å². The molecule has 102 valence electrons. The van der Waals surface area contributed by atoms with Crippen LogP contribution < -0.4 is 10.2 Å². The van der Waals surface area contributed by atoms with E-state index in [0.717, 1.165) is 19.6 Å². The van der Waals surface area contributed by atoms with E-state index in [9.17, 15) is 4.39 Å². The first-order chi connectivity index (χ1) is 9.08. The molecular weight excluding hydrogens is 337 g/mol. The molecule has 19 heavy (non-hydrogen) atoms. The number of oxazole rings is 1. The van der Waals surface area contributed by atoms with E-state index in [-0.39, 0.29) is 15.5 Å². The minimum atomic E-state index is -0.523. The van der Waals surface area contributed by atoms with E-state index in [1.165, 1.54) is 6.07 Å². The van der Waals surface area contributed by atoms with Gasteiger partial charge in [-0.15, -0.1) is 0 Å². The van der Waals surface area contributed by atoms with E-state index in [0.29, 0.717) is 17.1 Å². The van der Waals surface area contributed by atoms with E-state index in [4.69, 9.17) is 16.0 Å². The molecule has 4 nitrogen and oxygen atoms in total. The Labute approximate surface area is 123 Å². The van der Waals surface area contributed by atoms with Crippen molar-refractivity contribution in [2.24, 2.45) is 0 Å². The molecular formula is C12H12BrClFN3O. The molecule has 1 saturated heterocycles. The van der Waals surface area contributed by atoms with Crippen LogP contribution in [0.5, 0.6) is 0 Å². The van der Waals surface area contributed by atoms with Crippen LogP contribution in [-0.4, -0.2) is 30.7 Å². The van der Waals surface area contributed by atoms with Crippen molar-refractivity contribution in [2.45, 2.75) is 13.0 Å². The summed E-state index contributed by atoms with van der Waals surface area (Å²) in [6.07, 6.45) is 0. The highest BCUT2D eigenvalue weighted by Gasteiger charge is 2.24. The first kappa shape index (κ1) is 13.1. The van der Waals surface area contributed by atoms with Crippen LogP contribution in [0, 0.1) is 5.82 Å². The number of halogens is 3. The third-order valence-corrected chi connectivity index (χ3v) is 4.24. The molecule has 0 aliphatic carbocycles. The fraction of sp³-hybridized carbons (Fsp3) is 0.417. The van der Waals surface area contributed by atoms with Gasteiger partial charge in [-0.1, -0.05) is 11.6 Å². The number of nitrogens with zero attached hydrogens (tertiary/aromatic N) is 2. The van der Waals surface area contributed by atoms with Gasteiger partial charge in [0.1, 0.15) is 5.52 Å². The van der Waals surface area contributed by atoms with Gasteiger partial charge in [-0.25, -0.2) is 4.39 Å². The molecule has 1 aliphatic rings. The lowest BCUT2D eigenvalue weighted by atomic mass is 10.2. The lowest BCUT2D eigenvalue weighted by Gasteiger charge is -2.32. The number of aromatic nitrogens is 1. The minimum absolute atomic E-state index is 0.0348. The number of anilines is 1. The van der Waals surface area contributed by atoms with Crippen LogP contribution in [0.1, 0.15) is 6.92 Å². The Bertz CT molecular complexity index is 633. The largest absolute Gasteiger partial charge is 0.422 e. The molecule has 1 N–H and O–H groups in total. The van der Waals surface area contributed by atoms with Crippen molar-refractivity contribution in [3.8, 4) is 0 Å². The van der Waals surface area contributed by atoms with Crippen molar-refractivity contribution in [1.29, 1.82) is 0 Å². The Hall–Kier alpha value is -0.850. The van der Waals surface area contributed by atoms with Crippen molar-refractivity contribution in [3.63, 3.8) is 0 Å². The lowest BCUT2D eigenvalue weighted by Crippen LogP contribution is -2.50. The van der Waals surface area contributed by atoms with Crippen LogP contribution >= 0.6 is 27.5 Å². The SMILES string of the molecule is CC1CNCCN1c1nc2cc(Cl)c(F)c(Br)c2o1. The van der Waals surface area contributed by atoms with Gasteiger partial charge >= 0.3 is 0 Å². The second-order valence-electron chi connectivity index (χ2n) is 4.58. The van der Waals surface area contributed by atoms with Crippen molar-refractivity contribution >= 4 is 44.6 Å². The molecule has 1 atom stereocenters. The lowest BCUT2D eigenvalue weighted by molar-refractivity contribution is 0.455. The number of hydrogen-bond donors (Lipinski definition) is 1. The Kier molecular flexibility index (Phi) is 3.41. The predicted molar refractivity (Wildman–Crippen MR) is 76.4 cm³/mol. The molecule has 0 bridgehead atoms. The number of fused-ring (bicyclic) bond motifs is 1. The Morgan fingerprint density at radius 2 is 2.42 bits per heavy atom. The summed E-state index contributed by atoms with van der Waals surface area (Å²) in [6, 6.07) is 2.27. The quantitative estimate of drug-likeness (QED) is 0.804. The molecule has 1 fully saturated rings. The number of piperazine rings is 1. The Balaban J connectivity index is 2.09. The fourth-order valence-corrected chi connectivity index (χ4v) is 3.02. The standard InChI is InChI=1S/C12H12BrClFN3O/c1-6-5-16-2-3-18(6)12-17-8-4-7(14)10(15)9(13)11(8)19-12/h4,6,16H,2-3,5H2,1H3. The molecule has 0 saturated carbocycles. The maximum absolute atomic E-state index is 13.7. The summed E-state index contributed by atoms with van der Waals surface area (Å²) in [4.78, 5) is 6.46. The average Bonchev–Trinajstić information content (AvgIpc) is 2.80. The molecule has 3 rings (SSSR count). The Morgan fingerprint density at radius 1 is 1.63 bits per heavy atom. The smallest absolute Gasteiger partial charge is 0.298 e. The molecule has 0 spiro atoms. The molecule has 7 heteroatoms. The van der Waals surface area contributed by atoms with Gasteiger partial charge in [0.2, 0.25) is 0 Å². The van der Waals surface area contributed by atoms with Gasteiger partial charge in [0.25, 0.3) is 6.01 Å². The molecule has 1 aliphatic heterocycles. The summed E-state index contributed by atoms with van der Waals surface area (Å²) in [5.74, 6) is -0.523. The van der Waals surface area contributed by atoms with Crippen molar-refractivity contribution < 1.29 is 8.81 Å². The monoisotopic (exact) mass is 347 g/mol. The van der Waals surface area contributed by atoms with Crippen LogP contribution in [-0.2, 0) is 0 Å². The predicted octanol–water partition coefficient (Wildman–Crippen LogP) is 3.18.